The summed E-state index contributed by atoms with van der Waals surface area (Å²) in [6, 6.07) is 0. The van der Waals surface area contributed by atoms with E-state index in [-0.39, 0.29) is 5.41 Å². The predicted octanol–water partition coefficient (Wildman–Crippen LogP) is 3.05. The van der Waals surface area contributed by atoms with Crippen molar-refractivity contribution in [2.75, 3.05) is 11.8 Å². The summed E-state index contributed by atoms with van der Waals surface area (Å²) in [5.41, 5.74) is 0.239. The fraction of sp³-hybridized carbons (Fsp3) is 0.778. The minimum Gasteiger partial charge on any atom is -0.126 e. The van der Waals surface area contributed by atoms with Crippen molar-refractivity contribution < 1.29 is 0 Å². The SMILES string of the molecule is ClCC1(CCl)CC2C=CC1C2. The quantitative estimate of drug-likeness (QED) is 0.464. The van der Waals surface area contributed by atoms with E-state index in [1.807, 2.05) is 0 Å². The molecule has 2 unspecified atom stereocenters. The molecular formula is C9H12Cl2. The van der Waals surface area contributed by atoms with Crippen molar-refractivity contribution in [2.24, 2.45) is 17.3 Å². The van der Waals surface area contributed by atoms with Crippen LogP contribution in [0.4, 0.5) is 0 Å². The van der Waals surface area contributed by atoms with Crippen LogP contribution in [-0.2, 0) is 0 Å². The molecule has 2 heteroatoms. The van der Waals surface area contributed by atoms with E-state index in [0.29, 0.717) is 5.92 Å². The summed E-state index contributed by atoms with van der Waals surface area (Å²) >= 11 is 11.9. The van der Waals surface area contributed by atoms with Crippen LogP contribution in [0.3, 0.4) is 0 Å². The predicted molar refractivity (Wildman–Crippen MR) is 49.2 cm³/mol. The summed E-state index contributed by atoms with van der Waals surface area (Å²) in [6.45, 7) is 0. The van der Waals surface area contributed by atoms with E-state index in [0.717, 1.165) is 17.7 Å². The first-order valence-corrected chi connectivity index (χ1v) is 5.18. The molecule has 1 saturated carbocycles. The Morgan fingerprint density at radius 1 is 1.27 bits per heavy atom. The molecule has 0 spiro atoms. The van der Waals surface area contributed by atoms with Crippen LogP contribution in [0.25, 0.3) is 0 Å². The Bertz CT molecular complexity index is 182. The molecule has 0 aromatic rings. The Hall–Kier alpha value is 0.320. The van der Waals surface area contributed by atoms with E-state index in [1.165, 1.54) is 12.8 Å². The van der Waals surface area contributed by atoms with Crippen LogP contribution < -0.4 is 0 Å². The van der Waals surface area contributed by atoms with Crippen LogP contribution in [0.2, 0.25) is 0 Å². The van der Waals surface area contributed by atoms with E-state index < -0.39 is 0 Å². The maximum absolute atomic E-state index is 5.94. The average Bonchev–Trinajstić information content (AvgIpc) is 2.62. The highest BCUT2D eigenvalue weighted by molar-refractivity contribution is 6.21. The number of fused-ring (bicyclic) bond motifs is 2. The van der Waals surface area contributed by atoms with Crippen molar-refractivity contribution in [2.45, 2.75) is 12.8 Å². The second-order valence-corrected chi connectivity index (χ2v) is 4.36. The van der Waals surface area contributed by atoms with Gasteiger partial charge in [0.1, 0.15) is 0 Å². The van der Waals surface area contributed by atoms with Gasteiger partial charge in [0.2, 0.25) is 0 Å². The highest BCUT2D eigenvalue weighted by Crippen LogP contribution is 2.53. The molecule has 2 bridgehead atoms. The second kappa shape index (κ2) is 2.67. The van der Waals surface area contributed by atoms with Crippen LogP contribution >= 0.6 is 23.2 Å². The lowest BCUT2D eigenvalue weighted by Gasteiger charge is -2.31. The van der Waals surface area contributed by atoms with Gasteiger partial charge < -0.3 is 0 Å². The van der Waals surface area contributed by atoms with E-state index in [4.69, 9.17) is 23.2 Å². The Labute approximate surface area is 77.6 Å². The zero-order valence-electron chi connectivity index (χ0n) is 6.39. The van der Waals surface area contributed by atoms with Crippen LogP contribution in [-0.4, -0.2) is 11.8 Å². The highest BCUT2D eigenvalue weighted by Gasteiger charge is 2.46. The van der Waals surface area contributed by atoms with Crippen molar-refractivity contribution in [1.29, 1.82) is 0 Å². The lowest BCUT2D eigenvalue weighted by Crippen LogP contribution is -2.29. The van der Waals surface area contributed by atoms with Gasteiger partial charge >= 0.3 is 0 Å². The number of allylic oxidation sites excluding steroid dienone is 2. The van der Waals surface area contributed by atoms with E-state index in [1.54, 1.807) is 0 Å². The van der Waals surface area contributed by atoms with Gasteiger partial charge in [0.15, 0.2) is 0 Å². The zero-order valence-corrected chi connectivity index (χ0v) is 7.91. The molecule has 2 rings (SSSR count). The molecule has 0 saturated heterocycles. The summed E-state index contributed by atoms with van der Waals surface area (Å²) in [5.74, 6) is 2.89. The van der Waals surface area contributed by atoms with E-state index >= 15 is 0 Å². The first-order valence-electron chi connectivity index (χ1n) is 4.11. The molecule has 2 atom stereocenters. The van der Waals surface area contributed by atoms with E-state index in [2.05, 4.69) is 12.2 Å². The third-order valence-corrected chi connectivity index (χ3v) is 4.22. The Balaban J connectivity index is 2.21. The molecule has 0 amide bonds. The summed E-state index contributed by atoms with van der Waals surface area (Å²) < 4.78 is 0. The average molecular weight is 191 g/mol. The summed E-state index contributed by atoms with van der Waals surface area (Å²) in [5, 5.41) is 0. The van der Waals surface area contributed by atoms with Crippen LogP contribution in [0, 0.1) is 17.3 Å². The molecule has 62 valence electrons. The summed E-state index contributed by atoms with van der Waals surface area (Å²) in [7, 11) is 0. The molecule has 0 aliphatic heterocycles. The lowest BCUT2D eigenvalue weighted by atomic mass is 9.79. The Kier molecular flexibility index (Phi) is 1.93. The molecule has 0 N–H and O–H groups in total. The monoisotopic (exact) mass is 190 g/mol. The minimum absolute atomic E-state index is 0.239. The van der Waals surface area contributed by atoms with Crippen molar-refractivity contribution in [1.82, 2.24) is 0 Å². The number of hydrogen-bond donors (Lipinski definition) is 0. The van der Waals surface area contributed by atoms with Gasteiger partial charge in [-0.2, -0.15) is 0 Å². The molecule has 11 heavy (non-hydrogen) atoms. The topological polar surface area (TPSA) is 0 Å². The highest BCUT2D eigenvalue weighted by atomic mass is 35.5. The van der Waals surface area contributed by atoms with Gasteiger partial charge in [0.05, 0.1) is 0 Å². The number of halogens is 2. The van der Waals surface area contributed by atoms with Crippen molar-refractivity contribution >= 4 is 23.2 Å². The fourth-order valence-electron chi connectivity index (χ4n) is 2.40. The molecule has 1 fully saturated rings. The molecular weight excluding hydrogens is 179 g/mol. The third-order valence-electron chi connectivity index (χ3n) is 3.16. The standard InChI is InChI=1S/C9H12Cl2/c10-5-9(6-11)4-7-1-2-8(9)3-7/h1-2,7-8H,3-6H2. The van der Waals surface area contributed by atoms with Gasteiger partial charge in [-0.05, 0) is 24.7 Å². The zero-order chi connectivity index (χ0) is 7.90. The molecule has 2 aliphatic carbocycles. The largest absolute Gasteiger partial charge is 0.126 e. The second-order valence-electron chi connectivity index (χ2n) is 3.82. The molecule has 0 aromatic heterocycles. The number of alkyl halides is 2. The van der Waals surface area contributed by atoms with Crippen LogP contribution in [0.15, 0.2) is 12.2 Å². The Morgan fingerprint density at radius 2 is 2.00 bits per heavy atom. The first kappa shape index (κ1) is 7.94. The van der Waals surface area contributed by atoms with Crippen molar-refractivity contribution in [3.05, 3.63) is 12.2 Å². The molecule has 0 aromatic carbocycles. The summed E-state index contributed by atoms with van der Waals surface area (Å²) in [4.78, 5) is 0. The molecule has 0 nitrogen and oxygen atoms in total. The molecule has 0 radical (unpaired) electrons. The minimum atomic E-state index is 0.239. The molecule has 0 heterocycles. The lowest BCUT2D eigenvalue weighted by molar-refractivity contribution is 0.311. The van der Waals surface area contributed by atoms with Crippen LogP contribution in [0.1, 0.15) is 12.8 Å². The maximum atomic E-state index is 5.94. The number of rotatable bonds is 2. The molecule has 2 aliphatic rings. The van der Waals surface area contributed by atoms with Gasteiger partial charge in [-0.15, -0.1) is 23.2 Å². The summed E-state index contributed by atoms with van der Waals surface area (Å²) in [6.07, 6.45) is 7.13. The third kappa shape index (κ3) is 1.03. The van der Waals surface area contributed by atoms with Gasteiger partial charge in [-0.3, -0.25) is 0 Å². The van der Waals surface area contributed by atoms with Gasteiger partial charge in [-0.1, -0.05) is 12.2 Å². The smallest absolute Gasteiger partial charge is 0.0297 e. The van der Waals surface area contributed by atoms with Gasteiger partial charge in [-0.25, -0.2) is 0 Å². The van der Waals surface area contributed by atoms with E-state index in [9.17, 15) is 0 Å². The first-order chi connectivity index (χ1) is 5.30. The normalized spacial score (nSPS) is 38.4. The Morgan fingerprint density at radius 3 is 2.27 bits per heavy atom. The van der Waals surface area contributed by atoms with Gasteiger partial charge in [0.25, 0.3) is 0 Å². The van der Waals surface area contributed by atoms with Crippen LogP contribution in [0.5, 0.6) is 0 Å². The van der Waals surface area contributed by atoms with Crippen molar-refractivity contribution in [3.8, 4) is 0 Å². The fourth-order valence-corrected chi connectivity index (χ4v) is 3.30. The van der Waals surface area contributed by atoms with Crippen molar-refractivity contribution in [3.63, 3.8) is 0 Å². The van der Waals surface area contributed by atoms with Gasteiger partial charge in [0, 0.05) is 17.2 Å². The maximum Gasteiger partial charge on any atom is 0.0297 e. The number of hydrogen-bond acceptors (Lipinski definition) is 0.